The van der Waals surface area contributed by atoms with Crippen molar-refractivity contribution in [3.05, 3.63) is 41.5 Å². The van der Waals surface area contributed by atoms with E-state index in [9.17, 15) is 9.90 Å². The van der Waals surface area contributed by atoms with Crippen molar-refractivity contribution >= 4 is 23.8 Å². The lowest BCUT2D eigenvalue weighted by Crippen LogP contribution is -2.50. The fourth-order valence-corrected chi connectivity index (χ4v) is 3.60. The minimum absolute atomic E-state index is 0.255. The molecule has 0 radical (unpaired) electrons. The maximum absolute atomic E-state index is 12.0. The summed E-state index contributed by atoms with van der Waals surface area (Å²) in [6.45, 7) is 7.31. The van der Waals surface area contributed by atoms with Gasteiger partial charge in [-0.1, -0.05) is 57.2 Å². The van der Waals surface area contributed by atoms with Gasteiger partial charge in [-0.05, 0) is 36.3 Å². The Morgan fingerprint density at radius 1 is 1.36 bits per heavy atom. The zero-order chi connectivity index (χ0) is 16.2. The van der Waals surface area contributed by atoms with Crippen molar-refractivity contribution in [1.82, 2.24) is 5.32 Å². The van der Waals surface area contributed by atoms with E-state index in [4.69, 9.17) is 0 Å². The van der Waals surface area contributed by atoms with Gasteiger partial charge in [-0.25, -0.2) is 4.79 Å². The van der Waals surface area contributed by atoms with E-state index in [1.807, 2.05) is 48.2 Å². The second kappa shape index (κ2) is 6.88. The van der Waals surface area contributed by atoms with Crippen molar-refractivity contribution in [3.8, 4) is 0 Å². The lowest BCUT2D eigenvalue weighted by atomic mass is 9.80. The van der Waals surface area contributed by atoms with Crippen LogP contribution < -0.4 is 5.32 Å². The molecule has 0 aliphatic heterocycles. The molecule has 0 amide bonds. The standard InChI is InChI=1S/C18H25NO2S/c1-17(2,3)22-13-7-12-19-18(16(20)21)11-6-9-14-8-4-5-10-15(14)18/h4-6,8-10,19H,7,11-13H2,1-3H3,(H,20,21). The molecule has 1 unspecified atom stereocenters. The van der Waals surface area contributed by atoms with Crippen LogP contribution in [0, 0.1) is 0 Å². The summed E-state index contributed by atoms with van der Waals surface area (Å²) in [5.74, 6) is 0.233. The number of hydrogen-bond acceptors (Lipinski definition) is 3. The van der Waals surface area contributed by atoms with Gasteiger partial charge in [0, 0.05) is 4.75 Å². The van der Waals surface area contributed by atoms with Gasteiger partial charge in [0.2, 0.25) is 0 Å². The van der Waals surface area contributed by atoms with Crippen molar-refractivity contribution < 1.29 is 9.90 Å². The van der Waals surface area contributed by atoms with Gasteiger partial charge in [0.25, 0.3) is 0 Å². The molecule has 0 fully saturated rings. The SMILES string of the molecule is CC(C)(C)SCCCNC1(C(=O)O)CC=Cc2ccccc21. The normalized spacial score (nSPS) is 20.7. The number of carboxylic acids is 1. The first-order valence-electron chi connectivity index (χ1n) is 7.74. The molecule has 2 rings (SSSR count). The van der Waals surface area contributed by atoms with Crippen molar-refractivity contribution in [2.24, 2.45) is 0 Å². The summed E-state index contributed by atoms with van der Waals surface area (Å²) < 4.78 is 0.255. The summed E-state index contributed by atoms with van der Waals surface area (Å²) in [5, 5.41) is 13.1. The Bertz CT molecular complexity index is 562. The number of hydrogen-bond donors (Lipinski definition) is 2. The van der Waals surface area contributed by atoms with Crippen LogP contribution in [0.3, 0.4) is 0 Å². The van der Waals surface area contributed by atoms with Gasteiger partial charge in [0.05, 0.1) is 0 Å². The van der Waals surface area contributed by atoms with E-state index in [1.165, 1.54) is 0 Å². The Hall–Kier alpha value is -1.26. The van der Waals surface area contributed by atoms with E-state index in [0.717, 1.165) is 23.3 Å². The van der Waals surface area contributed by atoms with E-state index in [1.54, 1.807) is 0 Å². The number of aliphatic carboxylic acids is 1. The van der Waals surface area contributed by atoms with Crippen LogP contribution in [0.25, 0.3) is 6.08 Å². The van der Waals surface area contributed by atoms with E-state index < -0.39 is 11.5 Å². The Morgan fingerprint density at radius 2 is 2.09 bits per heavy atom. The molecule has 2 N–H and O–H groups in total. The van der Waals surface area contributed by atoms with E-state index in [2.05, 4.69) is 26.1 Å². The van der Waals surface area contributed by atoms with Crippen LogP contribution in [0.1, 0.15) is 44.7 Å². The topological polar surface area (TPSA) is 49.3 Å². The third-order valence-electron chi connectivity index (χ3n) is 3.79. The maximum Gasteiger partial charge on any atom is 0.328 e. The van der Waals surface area contributed by atoms with Crippen LogP contribution in [0.15, 0.2) is 30.3 Å². The summed E-state index contributed by atoms with van der Waals surface area (Å²) in [7, 11) is 0. The minimum atomic E-state index is -0.988. The zero-order valence-corrected chi connectivity index (χ0v) is 14.4. The summed E-state index contributed by atoms with van der Waals surface area (Å²) >= 11 is 1.91. The quantitative estimate of drug-likeness (QED) is 0.781. The summed E-state index contributed by atoms with van der Waals surface area (Å²) in [5.41, 5.74) is 0.874. The van der Waals surface area contributed by atoms with Crippen LogP contribution in [-0.2, 0) is 10.3 Å². The highest BCUT2D eigenvalue weighted by atomic mass is 32.2. The Kier molecular flexibility index (Phi) is 5.35. The van der Waals surface area contributed by atoms with Gasteiger partial charge < -0.3 is 5.11 Å². The fourth-order valence-electron chi connectivity index (χ4n) is 2.70. The predicted octanol–water partition coefficient (Wildman–Crippen LogP) is 3.89. The molecule has 0 heterocycles. The van der Waals surface area contributed by atoms with Gasteiger partial charge >= 0.3 is 5.97 Å². The molecule has 3 nitrogen and oxygen atoms in total. The number of fused-ring (bicyclic) bond motifs is 1. The number of benzene rings is 1. The molecule has 1 aromatic carbocycles. The molecule has 0 saturated carbocycles. The molecule has 4 heteroatoms. The van der Waals surface area contributed by atoms with Crippen molar-refractivity contribution in [2.75, 3.05) is 12.3 Å². The highest BCUT2D eigenvalue weighted by Crippen LogP contribution is 2.34. The van der Waals surface area contributed by atoms with Crippen LogP contribution >= 0.6 is 11.8 Å². The van der Waals surface area contributed by atoms with Crippen LogP contribution in [0.4, 0.5) is 0 Å². The smallest absolute Gasteiger partial charge is 0.328 e. The minimum Gasteiger partial charge on any atom is -0.480 e. The van der Waals surface area contributed by atoms with E-state index in [-0.39, 0.29) is 4.75 Å². The first-order chi connectivity index (χ1) is 10.4. The van der Waals surface area contributed by atoms with Crippen LogP contribution in [-0.4, -0.2) is 28.1 Å². The monoisotopic (exact) mass is 319 g/mol. The molecule has 0 saturated heterocycles. The van der Waals surface area contributed by atoms with Crippen LogP contribution in [0.2, 0.25) is 0 Å². The van der Waals surface area contributed by atoms with Gasteiger partial charge in [-0.3, -0.25) is 5.32 Å². The maximum atomic E-state index is 12.0. The number of nitrogens with one attached hydrogen (secondary N) is 1. The Balaban J connectivity index is 2.05. The highest BCUT2D eigenvalue weighted by molar-refractivity contribution is 8.00. The molecule has 1 aromatic rings. The Labute approximate surface area is 137 Å². The van der Waals surface area contributed by atoms with Gasteiger partial charge in [0.1, 0.15) is 5.54 Å². The van der Waals surface area contributed by atoms with Gasteiger partial charge in [-0.2, -0.15) is 11.8 Å². The summed E-state index contributed by atoms with van der Waals surface area (Å²) in [6.07, 6.45) is 5.41. The lowest BCUT2D eigenvalue weighted by molar-refractivity contribution is -0.145. The van der Waals surface area contributed by atoms with E-state index in [0.29, 0.717) is 13.0 Å². The van der Waals surface area contributed by atoms with Crippen molar-refractivity contribution in [2.45, 2.75) is 43.9 Å². The Morgan fingerprint density at radius 3 is 2.77 bits per heavy atom. The molecule has 0 aromatic heterocycles. The lowest BCUT2D eigenvalue weighted by Gasteiger charge is -2.34. The number of carboxylic acid groups (broad SMARTS) is 1. The molecular weight excluding hydrogens is 294 g/mol. The first-order valence-corrected chi connectivity index (χ1v) is 8.72. The molecule has 120 valence electrons. The molecule has 1 aliphatic rings. The summed E-state index contributed by atoms with van der Waals surface area (Å²) in [4.78, 5) is 12.0. The zero-order valence-electron chi connectivity index (χ0n) is 13.6. The second-order valence-corrected chi connectivity index (χ2v) is 8.57. The highest BCUT2D eigenvalue weighted by Gasteiger charge is 2.41. The van der Waals surface area contributed by atoms with Gasteiger partial charge in [-0.15, -0.1) is 0 Å². The molecule has 1 aliphatic carbocycles. The third-order valence-corrected chi connectivity index (χ3v) is 5.15. The van der Waals surface area contributed by atoms with Crippen molar-refractivity contribution in [3.63, 3.8) is 0 Å². The first kappa shape index (κ1) is 17.1. The average molecular weight is 319 g/mol. The largest absolute Gasteiger partial charge is 0.480 e. The number of rotatable bonds is 6. The molecule has 0 bridgehead atoms. The molecule has 22 heavy (non-hydrogen) atoms. The van der Waals surface area contributed by atoms with E-state index >= 15 is 0 Å². The fraction of sp³-hybridized carbons (Fsp3) is 0.500. The predicted molar refractivity (Wildman–Crippen MR) is 94.2 cm³/mol. The number of carbonyl (C=O) groups is 1. The van der Waals surface area contributed by atoms with Crippen molar-refractivity contribution in [1.29, 1.82) is 0 Å². The molecule has 1 atom stereocenters. The molecule has 0 spiro atoms. The average Bonchev–Trinajstić information content (AvgIpc) is 2.45. The molecular formula is C18H25NO2S. The van der Waals surface area contributed by atoms with Crippen LogP contribution in [0.5, 0.6) is 0 Å². The third kappa shape index (κ3) is 3.93. The number of thioether (sulfide) groups is 1. The second-order valence-electron chi connectivity index (χ2n) is 6.65. The van der Waals surface area contributed by atoms with Gasteiger partial charge in [0.15, 0.2) is 0 Å². The summed E-state index contributed by atoms with van der Waals surface area (Å²) in [6, 6.07) is 7.75.